The normalized spacial score (nSPS) is 10.1. The quantitative estimate of drug-likeness (QED) is 0.663. The lowest BCUT2D eigenvalue weighted by Gasteiger charge is -2.08. The third kappa shape index (κ3) is 3.01. The largest absolute Gasteiger partial charge is 0.496 e. The zero-order valence-corrected chi connectivity index (χ0v) is 10.8. The predicted molar refractivity (Wildman–Crippen MR) is 71.9 cm³/mol. The Labute approximate surface area is 115 Å². The number of methoxy groups -OCH3 is 1. The monoisotopic (exact) mass is 275 g/mol. The minimum atomic E-state index is -0.530. The Morgan fingerprint density at radius 1 is 1.30 bits per heavy atom. The molecule has 7 nitrogen and oxygen atoms in total. The van der Waals surface area contributed by atoms with Crippen LogP contribution in [0.3, 0.4) is 0 Å². The predicted octanol–water partition coefficient (Wildman–Crippen LogP) is 2.25. The summed E-state index contributed by atoms with van der Waals surface area (Å²) in [7, 11) is 1.44. The van der Waals surface area contributed by atoms with Crippen LogP contribution >= 0.6 is 0 Å². The van der Waals surface area contributed by atoms with Gasteiger partial charge in [-0.1, -0.05) is 0 Å². The SMILES string of the molecule is COc1ccc(Oc2cncc(CN)c2)c([N+](=O)[O-])c1. The van der Waals surface area contributed by atoms with E-state index in [9.17, 15) is 10.1 Å². The minimum Gasteiger partial charge on any atom is -0.496 e. The number of nitrogens with zero attached hydrogens (tertiary/aromatic N) is 2. The van der Waals surface area contributed by atoms with E-state index in [1.165, 1.54) is 25.4 Å². The lowest BCUT2D eigenvalue weighted by molar-refractivity contribution is -0.385. The van der Waals surface area contributed by atoms with Crippen molar-refractivity contribution >= 4 is 5.69 Å². The molecule has 7 heteroatoms. The average molecular weight is 275 g/mol. The van der Waals surface area contributed by atoms with Gasteiger partial charge in [0.05, 0.1) is 24.3 Å². The van der Waals surface area contributed by atoms with Crippen LogP contribution in [0.1, 0.15) is 5.56 Å². The Bertz CT molecular complexity index is 631. The minimum absolute atomic E-state index is 0.117. The molecule has 0 saturated heterocycles. The van der Waals surface area contributed by atoms with Crippen LogP contribution in [0, 0.1) is 10.1 Å². The van der Waals surface area contributed by atoms with Gasteiger partial charge in [0.15, 0.2) is 0 Å². The average Bonchev–Trinajstić information content (AvgIpc) is 2.47. The number of hydrogen-bond donors (Lipinski definition) is 1. The molecule has 0 saturated carbocycles. The number of nitro benzene ring substituents is 1. The van der Waals surface area contributed by atoms with Crippen molar-refractivity contribution in [1.29, 1.82) is 0 Å². The molecule has 0 bridgehead atoms. The zero-order chi connectivity index (χ0) is 14.5. The number of rotatable bonds is 5. The maximum atomic E-state index is 11.0. The second-order valence-electron chi connectivity index (χ2n) is 3.93. The molecule has 2 aromatic rings. The number of hydrogen-bond acceptors (Lipinski definition) is 6. The van der Waals surface area contributed by atoms with Gasteiger partial charge in [-0.3, -0.25) is 15.1 Å². The van der Waals surface area contributed by atoms with Crippen LogP contribution < -0.4 is 15.2 Å². The first kappa shape index (κ1) is 13.8. The summed E-state index contributed by atoms with van der Waals surface area (Å²) in [6.07, 6.45) is 3.07. The third-order valence-electron chi connectivity index (χ3n) is 2.60. The Hall–Kier alpha value is -2.67. The van der Waals surface area contributed by atoms with Gasteiger partial charge in [0, 0.05) is 12.7 Å². The highest BCUT2D eigenvalue weighted by molar-refractivity contribution is 5.52. The highest BCUT2D eigenvalue weighted by atomic mass is 16.6. The summed E-state index contributed by atoms with van der Waals surface area (Å²) in [6.45, 7) is 0.314. The van der Waals surface area contributed by atoms with Gasteiger partial charge in [0.25, 0.3) is 0 Å². The Balaban J connectivity index is 2.34. The van der Waals surface area contributed by atoms with Crippen molar-refractivity contribution in [3.8, 4) is 17.2 Å². The number of benzene rings is 1. The Kier molecular flexibility index (Phi) is 4.11. The molecule has 0 radical (unpaired) electrons. The molecule has 0 amide bonds. The first-order valence-corrected chi connectivity index (χ1v) is 5.78. The van der Waals surface area contributed by atoms with Crippen molar-refractivity contribution in [2.24, 2.45) is 5.73 Å². The van der Waals surface area contributed by atoms with Gasteiger partial charge >= 0.3 is 5.69 Å². The second-order valence-corrected chi connectivity index (χ2v) is 3.93. The molecule has 2 N–H and O–H groups in total. The molecular weight excluding hydrogens is 262 g/mol. The summed E-state index contributed by atoms with van der Waals surface area (Å²) >= 11 is 0. The second kappa shape index (κ2) is 5.98. The van der Waals surface area contributed by atoms with E-state index in [1.54, 1.807) is 18.3 Å². The molecule has 0 spiro atoms. The van der Waals surface area contributed by atoms with E-state index in [0.717, 1.165) is 5.56 Å². The fourth-order valence-electron chi connectivity index (χ4n) is 1.61. The summed E-state index contributed by atoms with van der Waals surface area (Å²) in [5.74, 6) is 0.894. The summed E-state index contributed by atoms with van der Waals surface area (Å²) < 4.78 is 10.5. The van der Waals surface area contributed by atoms with Gasteiger partial charge in [-0.25, -0.2) is 0 Å². The molecule has 0 fully saturated rings. The van der Waals surface area contributed by atoms with E-state index in [0.29, 0.717) is 18.0 Å². The van der Waals surface area contributed by atoms with E-state index in [4.69, 9.17) is 15.2 Å². The molecule has 2 rings (SSSR count). The molecule has 0 aliphatic heterocycles. The van der Waals surface area contributed by atoms with Crippen LogP contribution in [0.15, 0.2) is 36.7 Å². The smallest absolute Gasteiger partial charge is 0.315 e. The maximum Gasteiger partial charge on any atom is 0.315 e. The summed E-state index contributed by atoms with van der Waals surface area (Å²) in [6, 6.07) is 6.05. The summed E-state index contributed by atoms with van der Waals surface area (Å²) in [4.78, 5) is 14.5. The van der Waals surface area contributed by atoms with Crippen molar-refractivity contribution in [2.45, 2.75) is 6.54 Å². The van der Waals surface area contributed by atoms with E-state index in [-0.39, 0.29) is 11.4 Å². The van der Waals surface area contributed by atoms with Gasteiger partial charge < -0.3 is 15.2 Å². The van der Waals surface area contributed by atoms with E-state index < -0.39 is 4.92 Å². The Morgan fingerprint density at radius 3 is 2.75 bits per heavy atom. The molecule has 104 valence electrons. The van der Waals surface area contributed by atoms with Gasteiger partial charge in [0.1, 0.15) is 11.5 Å². The van der Waals surface area contributed by atoms with Gasteiger partial charge in [-0.15, -0.1) is 0 Å². The fourth-order valence-corrected chi connectivity index (χ4v) is 1.61. The highest BCUT2D eigenvalue weighted by Crippen LogP contribution is 2.34. The van der Waals surface area contributed by atoms with Crippen molar-refractivity contribution < 1.29 is 14.4 Å². The van der Waals surface area contributed by atoms with Gasteiger partial charge in [-0.2, -0.15) is 0 Å². The molecule has 0 unspecified atom stereocenters. The topological polar surface area (TPSA) is 101 Å². The molecule has 1 aromatic heterocycles. The molecule has 20 heavy (non-hydrogen) atoms. The first-order chi connectivity index (χ1) is 9.63. The van der Waals surface area contributed by atoms with E-state index in [1.807, 2.05) is 0 Å². The molecule has 0 aliphatic rings. The highest BCUT2D eigenvalue weighted by Gasteiger charge is 2.17. The summed E-state index contributed by atoms with van der Waals surface area (Å²) in [5.41, 5.74) is 6.11. The van der Waals surface area contributed by atoms with Crippen LogP contribution in [-0.4, -0.2) is 17.0 Å². The van der Waals surface area contributed by atoms with Crippen LogP contribution in [-0.2, 0) is 6.54 Å². The first-order valence-electron chi connectivity index (χ1n) is 5.78. The molecular formula is C13H13N3O4. The number of pyridine rings is 1. The number of nitrogens with two attached hydrogens (primary N) is 1. The maximum absolute atomic E-state index is 11.0. The number of aromatic nitrogens is 1. The number of ether oxygens (including phenoxy) is 2. The zero-order valence-electron chi connectivity index (χ0n) is 10.8. The molecule has 1 heterocycles. The van der Waals surface area contributed by atoms with Gasteiger partial charge in [-0.05, 0) is 23.8 Å². The molecule has 0 aliphatic carbocycles. The van der Waals surface area contributed by atoms with E-state index >= 15 is 0 Å². The third-order valence-corrected chi connectivity index (χ3v) is 2.60. The van der Waals surface area contributed by atoms with Crippen LogP contribution in [0.2, 0.25) is 0 Å². The van der Waals surface area contributed by atoms with Crippen LogP contribution in [0.4, 0.5) is 5.69 Å². The van der Waals surface area contributed by atoms with Crippen LogP contribution in [0.25, 0.3) is 0 Å². The van der Waals surface area contributed by atoms with E-state index in [2.05, 4.69) is 4.98 Å². The van der Waals surface area contributed by atoms with Crippen molar-refractivity contribution in [1.82, 2.24) is 4.98 Å². The molecule has 0 atom stereocenters. The lowest BCUT2D eigenvalue weighted by atomic mass is 10.2. The fraction of sp³-hybridized carbons (Fsp3) is 0.154. The Morgan fingerprint density at radius 2 is 2.10 bits per heavy atom. The standard InChI is InChI=1S/C13H13N3O4/c1-19-10-2-3-13(12(5-10)16(17)18)20-11-4-9(6-14)7-15-8-11/h2-5,7-8H,6,14H2,1H3. The summed E-state index contributed by atoms with van der Waals surface area (Å²) in [5, 5.41) is 11.0. The van der Waals surface area contributed by atoms with Crippen molar-refractivity contribution in [3.05, 3.63) is 52.3 Å². The van der Waals surface area contributed by atoms with Crippen LogP contribution in [0.5, 0.6) is 17.2 Å². The number of nitro groups is 1. The van der Waals surface area contributed by atoms with Gasteiger partial charge in [0.2, 0.25) is 5.75 Å². The van der Waals surface area contributed by atoms with Crippen molar-refractivity contribution in [2.75, 3.05) is 7.11 Å². The molecule has 1 aromatic carbocycles. The lowest BCUT2D eigenvalue weighted by Crippen LogP contribution is -1.98. The van der Waals surface area contributed by atoms with Crippen molar-refractivity contribution in [3.63, 3.8) is 0 Å².